The molecule has 1 N–H and O–H groups in total. The fourth-order valence-electron chi connectivity index (χ4n) is 1.64. The Kier molecular flexibility index (Phi) is 5.67. The zero-order valence-corrected chi connectivity index (χ0v) is 12.8. The Balaban J connectivity index is 2.55. The van der Waals surface area contributed by atoms with Gasteiger partial charge in [-0.3, -0.25) is 4.79 Å². The summed E-state index contributed by atoms with van der Waals surface area (Å²) in [4.78, 5) is 11.6. The molecule has 0 heterocycles. The Bertz CT molecular complexity index is 452. The van der Waals surface area contributed by atoms with E-state index in [9.17, 15) is 4.79 Å². The molecular weight excluding hydrogens is 258 g/mol. The third-order valence-electron chi connectivity index (χ3n) is 2.47. The molecule has 0 bridgehead atoms. The molecule has 1 aromatic rings. The Morgan fingerprint density at radius 2 is 1.90 bits per heavy atom. The molecule has 1 rings (SSSR count). The fourth-order valence-corrected chi connectivity index (χ4v) is 1.64. The molecule has 0 aliphatic rings. The molecule has 0 fully saturated rings. The monoisotopic (exact) mass is 281 g/mol. The molecule has 0 atom stereocenters. The summed E-state index contributed by atoms with van der Waals surface area (Å²) < 4.78 is 15.7. The highest BCUT2D eigenvalue weighted by molar-refractivity contribution is 5.71. The van der Waals surface area contributed by atoms with Crippen LogP contribution in [-0.4, -0.2) is 32.3 Å². The molecule has 5 heteroatoms. The van der Waals surface area contributed by atoms with Crippen molar-refractivity contribution < 1.29 is 19.0 Å². The van der Waals surface area contributed by atoms with Gasteiger partial charge in [0.25, 0.3) is 0 Å². The number of nitrogens with one attached hydrogen (secondary N) is 1. The van der Waals surface area contributed by atoms with Crippen molar-refractivity contribution in [2.24, 2.45) is 0 Å². The highest BCUT2D eigenvalue weighted by Crippen LogP contribution is 2.28. The van der Waals surface area contributed by atoms with Crippen LogP contribution in [0, 0.1) is 0 Å². The van der Waals surface area contributed by atoms with Crippen molar-refractivity contribution in [3.8, 4) is 11.5 Å². The molecule has 0 saturated carbocycles. The van der Waals surface area contributed by atoms with Gasteiger partial charge in [0.2, 0.25) is 0 Å². The quantitative estimate of drug-likeness (QED) is 0.813. The van der Waals surface area contributed by atoms with E-state index in [0.29, 0.717) is 12.3 Å². The van der Waals surface area contributed by atoms with Crippen LogP contribution in [0.4, 0.5) is 5.69 Å². The zero-order valence-electron chi connectivity index (χ0n) is 12.8. The zero-order chi connectivity index (χ0) is 15.2. The largest absolute Gasteiger partial charge is 0.497 e. The van der Waals surface area contributed by atoms with E-state index in [1.165, 1.54) is 0 Å². The molecule has 0 aliphatic heterocycles. The molecule has 0 spiro atoms. The second kappa shape index (κ2) is 7.03. The van der Waals surface area contributed by atoms with E-state index in [-0.39, 0.29) is 12.4 Å². The number of methoxy groups -OCH3 is 2. The summed E-state index contributed by atoms with van der Waals surface area (Å²) in [5, 5.41) is 3.15. The molecule has 0 amide bonds. The smallest absolute Gasteiger partial charge is 0.308 e. The standard InChI is InChI=1S/C15H23NO4/c1-15(2,3)20-14(17)8-9-16-12-10-11(18-4)6-7-13(12)19-5/h6-7,10,16H,8-9H2,1-5H3. The van der Waals surface area contributed by atoms with Gasteiger partial charge in [-0.25, -0.2) is 0 Å². The van der Waals surface area contributed by atoms with Gasteiger partial charge in [0.05, 0.1) is 26.3 Å². The lowest BCUT2D eigenvalue weighted by atomic mass is 10.2. The van der Waals surface area contributed by atoms with Crippen LogP contribution in [0.1, 0.15) is 27.2 Å². The maximum atomic E-state index is 11.6. The van der Waals surface area contributed by atoms with E-state index >= 15 is 0 Å². The second-order valence-electron chi connectivity index (χ2n) is 5.33. The average molecular weight is 281 g/mol. The molecule has 0 radical (unpaired) electrons. The molecule has 0 aliphatic carbocycles. The molecule has 0 saturated heterocycles. The molecule has 0 aromatic heterocycles. The van der Waals surface area contributed by atoms with Gasteiger partial charge >= 0.3 is 5.97 Å². The third-order valence-corrected chi connectivity index (χ3v) is 2.47. The molecule has 1 aromatic carbocycles. The first kappa shape index (κ1) is 16.1. The van der Waals surface area contributed by atoms with E-state index in [2.05, 4.69) is 5.32 Å². The fraction of sp³-hybridized carbons (Fsp3) is 0.533. The Hall–Kier alpha value is -1.91. The van der Waals surface area contributed by atoms with Crippen molar-refractivity contribution in [1.29, 1.82) is 0 Å². The Morgan fingerprint density at radius 1 is 1.20 bits per heavy atom. The second-order valence-corrected chi connectivity index (χ2v) is 5.33. The summed E-state index contributed by atoms with van der Waals surface area (Å²) in [6.07, 6.45) is 0.289. The van der Waals surface area contributed by atoms with Gasteiger partial charge in [-0.1, -0.05) is 0 Å². The van der Waals surface area contributed by atoms with E-state index in [1.807, 2.05) is 39.0 Å². The van der Waals surface area contributed by atoms with Crippen LogP contribution in [0.25, 0.3) is 0 Å². The van der Waals surface area contributed by atoms with Crippen LogP contribution in [0.3, 0.4) is 0 Å². The third kappa shape index (κ3) is 5.38. The summed E-state index contributed by atoms with van der Waals surface area (Å²) in [6.45, 7) is 6.02. The van der Waals surface area contributed by atoms with Gasteiger partial charge in [-0.15, -0.1) is 0 Å². The van der Waals surface area contributed by atoms with Crippen LogP contribution in [0.15, 0.2) is 18.2 Å². The van der Waals surface area contributed by atoms with E-state index < -0.39 is 5.60 Å². The maximum Gasteiger partial charge on any atom is 0.308 e. The first-order valence-corrected chi connectivity index (χ1v) is 6.53. The van der Waals surface area contributed by atoms with Crippen LogP contribution < -0.4 is 14.8 Å². The minimum atomic E-state index is -0.454. The van der Waals surface area contributed by atoms with Crippen molar-refractivity contribution in [2.75, 3.05) is 26.1 Å². The summed E-state index contributed by atoms with van der Waals surface area (Å²) in [5.74, 6) is 1.20. The summed E-state index contributed by atoms with van der Waals surface area (Å²) in [7, 11) is 3.20. The topological polar surface area (TPSA) is 56.8 Å². The normalized spacial score (nSPS) is 10.8. The summed E-state index contributed by atoms with van der Waals surface area (Å²) in [5.41, 5.74) is 0.334. The van der Waals surface area contributed by atoms with Crippen molar-refractivity contribution in [1.82, 2.24) is 0 Å². The number of hydrogen-bond acceptors (Lipinski definition) is 5. The van der Waals surface area contributed by atoms with E-state index in [4.69, 9.17) is 14.2 Å². The van der Waals surface area contributed by atoms with Crippen LogP contribution >= 0.6 is 0 Å². The number of carbonyl (C=O) groups is 1. The summed E-state index contributed by atoms with van der Waals surface area (Å²) in [6, 6.07) is 5.46. The van der Waals surface area contributed by atoms with Crippen molar-refractivity contribution in [2.45, 2.75) is 32.8 Å². The number of esters is 1. The lowest BCUT2D eigenvalue weighted by molar-refractivity contribution is -0.154. The predicted molar refractivity (Wildman–Crippen MR) is 78.5 cm³/mol. The van der Waals surface area contributed by atoms with Gasteiger partial charge in [-0.2, -0.15) is 0 Å². The number of carbonyl (C=O) groups excluding carboxylic acids is 1. The highest BCUT2D eigenvalue weighted by Gasteiger charge is 2.15. The first-order chi connectivity index (χ1) is 9.35. The van der Waals surface area contributed by atoms with Gasteiger partial charge in [0.1, 0.15) is 17.1 Å². The minimum absolute atomic E-state index is 0.230. The minimum Gasteiger partial charge on any atom is -0.497 e. The van der Waals surface area contributed by atoms with Gasteiger partial charge in [-0.05, 0) is 32.9 Å². The van der Waals surface area contributed by atoms with Crippen LogP contribution in [0.2, 0.25) is 0 Å². The lowest BCUT2D eigenvalue weighted by Crippen LogP contribution is -2.25. The van der Waals surface area contributed by atoms with E-state index in [1.54, 1.807) is 14.2 Å². The van der Waals surface area contributed by atoms with Gasteiger partial charge < -0.3 is 19.5 Å². The summed E-state index contributed by atoms with van der Waals surface area (Å²) >= 11 is 0. The number of hydrogen-bond donors (Lipinski definition) is 1. The lowest BCUT2D eigenvalue weighted by Gasteiger charge is -2.19. The Morgan fingerprint density at radius 3 is 2.45 bits per heavy atom. The highest BCUT2D eigenvalue weighted by atomic mass is 16.6. The first-order valence-electron chi connectivity index (χ1n) is 6.53. The maximum absolute atomic E-state index is 11.6. The molecule has 20 heavy (non-hydrogen) atoms. The average Bonchev–Trinajstić information content (AvgIpc) is 2.36. The van der Waals surface area contributed by atoms with Gasteiger partial charge in [0.15, 0.2) is 0 Å². The van der Waals surface area contributed by atoms with Crippen LogP contribution in [0.5, 0.6) is 11.5 Å². The van der Waals surface area contributed by atoms with Crippen molar-refractivity contribution >= 4 is 11.7 Å². The molecule has 112 valence electrons. The molecule has 0 unspecified atom stereocenters. The molecular formula is C15H23NO4. The number of rotatable bonds is 6. The van der Waals surface area contributed by atoms with Crippen molar-refractivity contribution in [3.63, 3.8) is 0 Å². The number of benzene rings is 1. The van der Waals surface area contributed by atoms with Crippen molar-refractivity contribution in [3.05, 3.63) is 18.2 Å². The number of ether oxygens (including phenoxy) is 3. The number of anilines is 1. The van der Waals surface area contributed by atoms with Crippen LogP contribution in [-0.2, 0) is 9.53 Å². The molecule has 5 nitrogen and oxygen atoms in total. The van der Waals surface area contributed by atoms with Gasteiger partial charge in [0, 0.05) is 12.6 Å². The predicted octanol–water partition coefficient (Wildman–Crippen LogP) is 2.85. The van der Waals surface area contributed by atoms with E-state index in [0.717, 1.165) is 11.4 Å². The Labute approximate surface area is 120 Å². The SMILES string of the molecule is COc1ccc(OC)c(NCCC(=O)OC(C)(C)C)c1.